The number of hydrogen-bond acceptors (Lipinski definition) is 2. The molecule has 0 atom stereocenters. The second-order valence-corrected chi connectivity index (χ2v) is 5.72. The maximum absolute atomic E-state index is 6.10. The molecule has 0 aliphatic heterocycles. The molecule has 0 heterocycles. The number of nitrogens with one attached hydrogen (secondary N) is 1. The standard InChI is InChI=1S/C12H9Br2ClN2/c13-7-2-4-11(10(16)5-7)17-12-6-8(14)1-3-9(12)15/h1-6,17H,16H2. The van der Waals surface area contributed by atoms with Crippen LogP contribution in [-0.2, 0) is 0 Å². The molecule has 0 aromatic heterocycles. The van der Waals surface area contributed by atoms with Crippen LogP contribution in [0.3, 0.4) is 0 Å². The lowest BCUT2D eigenvalue weighted by atomic mass is 10.2. The van der Waals surface area contributed by atoms with Crippen LogP contribution in [0, 0.1) is 0 Å². The van der Waals surface area contributed by atoms with Crippen LogP contribution in [0.15, 0.2) is 45.3 Å². The van der Waals surface area contributed by atoms with Crippen LogP contribution in [0.4, 0.5) is 17.1 Å². The fourth-order valence-electron chi connectivity index (χ4n) is 1.39. The van der Waals surface area contributed by atoms with Gasteiger partial charge in [-0.05, 0) is 36.4 Å². The van der Waals surface area contributed by atoms with Crippen LogP contribution in [0.25, 0.3) is 0 Å². The molecule has 0 bridgehead atoms. The predicted molar refractivity (Wildman–Crippen MR) is 81.0 cm³/mol. The van der Waals surface area contributed by atoms with Gasteiger partial charge in [-0.2, -0.15) is 0 Å². The summed E-state index contributed by atoms with van der Waals surface area (Å²) in [6, 6.07) is 11.3. The third-order valence-corrected chi connectivity index (χ3v) is 3.53. The van der Waals surface area contributed by atoms with Gasteiger partial charge in [0.1, 0.15) is 0 Å². The van der Waals surface area contributed by atoms with Crippen molar-refractivity contribution in [3.8, 4) is 0 Å². The van der Waals surface area contributed by atoms with Crippen molar-refractivity contribution in [1.82, 2.24) is 0 Å². The van der Waals surface area contributed by atoms with Gasteiger partial charge in [-0.25, -0.2) is 0 Å². The molecule has 3 N–H and O–H groups in total. The normalized spacial score (nSPS) is 10.3. The van der Waals surface area contributed by atoms with E-state index in [0.717, 1.165) is 20.3 Å². The van der Waals surface area contributed by atoms with Crippen molar-refractivity contribution in [2.75, 3.05) is 11.1 Å². The van der Waals surface area contributed by atoms with Gasteiger partial charge < -0.3 is 11.1 Å². The maximum Gasteiger partial charge on any atom is 0.0641 e. The lowest BCUT2D eigenvalue weighted by Crippen LogP contribution is -1.96. The first kappa shape index (κ1) is 12.7. The molecule has 2 nitrogen and oxygen atoms in total. The lowest BCUT2D eigenvalue weighted by molar-refractivity contribution is 1.52. The van der Waals surface area contributed by atoms with Crippen molar-refractivity contribution < 1.29 is 0 Å². The van der Waals surface area contributed by atoms with Gasteiger partial charge in [0.25, 0.3) is 0 Å². The summed E-state index contributed by atoms with van der Waals surface area (Å²) in [5.41, 5.74) is 8.21. The summed E-state index contributed by atoms with van der Waals surface area (Å²) >= 11 is 12.9. The average Bonchev–Trinajstić information content (AvgIpc) is 2.27. The molecule has 17 heavy (non-hydrogen) atoms. The molecule has 0 amide bonds. The zero-order valence-electron chi connectivity index (χ0n) is 8.68. The second kappa shape index (κ2) is 5.29. The molecule has 0 aliphatic carbocycles. The molecule has 2 rings (SSSR count). The summed E-state index contributed by atoms with van der Waals surface area (Å²) in [5, 5.41) is 3.85. The molecule has 0 saturated carbocycles. The van der Waals surface area contributed by atoms with Crippen molar-refractivity contribution >= 4 is 60.5 Å². The number of nitrogen functional groups attached to an aromatic ring is 1. The zero-order chi connectivity index (χ0) is 12.4. The van der Waals surface area contributed by atoms with E-state index in [1.54, 1.807) is 0 Å². The van der Waals surface area contributed by atoms with Crippen LogP contribution in [0.5, 0.6) is 0 Å². The number of hydrogen-bond donors (Lipinski definition) is 2. The van der Waals surface area contributed by atoms with E-state index in [-0.39, 0.29) is 0 Å². The predicted octanol–water partition coefficient (Wildman–Crippen LogP) is 5.19. The summed E-state index contributed by atoms with van der Waals surface area (Å²) in [4.78, 5) is 0. The van der Waals surface area contributed by atoms with E-state index < -0.39 is 0 Å². The van der Waals surface area contributed by atoms with E-state index in [1.165, 1.54) is 0 Å². The average molecular weight is 376 g/mol. The molecule has 0 radical (unpaired) electrons. The summed E-state index contributed by atoms with van der Waals surface area (Å²) in [6.07, 6.45) is 0. The Hall–Kier alpha value is -0.710. The smallest absolute Gasteiger partial charge is 0.0641 e. The number of anilines is 3. The minimum atomic E-state index is 0.649. The van der Waals surface area contributed by atoms with E-state index in [1.807, 2.05) is 36.4 Å². The highest BCUT2D eigenvalue weighted by atomic mass is 79.9. The van der Waals surface area contributed by atoms with Crippen LogP contribution >= 0.6 is 43.5 Å². The van der Waals surface area contributed by atoms with E-state index in [0.29, 0.717) is 10.7 Å². The van der Waals surface area contributed by atoms with Gasteiger partial charge in [0, 0.05) is 8.95 Å². The molecule has 88 valence electrons. The van der Waals surface area contributed by atoms with E-state index in [2.05, 4.69) is 37.2 Å². The topological polar surface area (TPSA) is 38.0 Å². The first-order valence-electron chi connectivity index (χ1n) is 4.83. The van der Waals surface area contributed by atoms with Gasteiger partial charge in [-0.15, -0.1) is 0 Å². The molecular formula is C12H9Br2ClN2. The van der Waals surface area contributed by atoms with Crippen LogP contribution in [0.2, 0.25) is 5.02 Å². The molecule has 0 saturated heterocycles. The van der Waals surface area contributed by atoms with Crippen molar-refractivity contribution in [1.29, 1.82) is 0 Å². The second-order valence-electron chi connectivity index (χ2n) is 3.48. The fraction of sp³-hybridized carbons (Fsp3) is 0. The van der Waals surface area contributed by atoms with E-state index in [9.17, 15) is 0 Å². The van der Waals surface area contributed by atoms with Gasteiger partial charge in [-0.1, -0.05) is 43.5 Å². The first-order chi connectivity index (χ1) is 8.06. The molecule has 2 aromatic rings. The molecule has 0 unspecified atom stereocenters. The zero-order valence-corrected chi connectivity index (χ0v) is 12.6. The molecule has 0 spiro atoms. The van der Waals surface area contributed by atoms with Gasteiger partial charge in [0.2, 0.25) is 0 Å². The molecule has 2 aromatic carbocycles. The third-order valence-electron chi connectivity index (χ3n) is 2.21. The van der Waals surface area contributed by atoms with Gasteiger partial charge in [0.05, 0.1) is 22.1 Å². The quantitative estimate of drug-likeness (QED) is 0.708. The Morgan fingerprint density at radius 1 is 0.941 bits per heavy atom. The molecule has 0 aliphatic rings. The van der Waals surface area contributed by atoms with E-state index in [4.69, 9.17) is 17.3 Å². The largest absolute Gasteiger partial charge is 0.397 e. The van der Waals surface area contributed by atoms with Crippen LogP contribution < -0.4 is 11.1 Å². The Bertz CT molecular complexity index is 558. The van der Waals surface area contributed by atoms with Crippen molar-refractivity contribution in [2.24, 2.45) is 0 Å². The van der Waals surface area contributed by atoms with E-state index >= 15 is 0 Å². The summed E-state index contributed by atoms with van der Waals surface area (Å²) in [6.45, 7) is 0. The first-order valence-corrected chi connectivity index (χ1v) is 6.80. The molecular weight excluding hydrogens is 367 g/mol. The highest BCUT2D eigenvalue weighted by Crippen LogP contribution is 2.31. The number of halogens is 3. The Balaban J connectivity index is 2.34. The minimum Gasteiger partial charge on any atom is -0.397 e. The SMILES string of the molecule is Nc1cc(Br)ccc1Nc1cc(Br)ccc1Cl. The number of nitrogens with two attached hydrogens (primary N) is 1. The molecule has 5 heteroatoms. The maximum atomic E-state index is 6.10. The van der Waals surface area contributed by atoms with Gasteiger partial charge >= 0.3 is 0 Å². The highest BCUT2D eigenvalue weighted by Gasteiger charge is 2.04. The lowest BCUT2D eigenvalue weighted by Gasteiger charge is -2.11. The Labute approximate surface area is 121 Å². The van der Waals surface area contributed by atoms with Crippen molar-refractivity contribution in [3.63, 3.8) is 0 Å². The Morgan fingerprint density at radius 3 is 2.29 bits per heavy atom. The fourth-order valence-corrected chi connectivity index (χ4v) is 2.29. The number of benzene rings is 2. The Morgan fingerprint density at radius 2 is 1.59 bits per heavy atom. The monoisotopic (exact) mass is 374 g/mol. The minimum absolute atomic E-state index is 0.649. The van der Waals surface area contributed by atoms with Gasteiger partial charge in [0.15, 0.2) is 0 Å². The third kappa shape index (κ3) is 3.15. The molecule has 0 fully saturated rings. The summed E-state index contributed by atoms with van der Waals surface area (Å²) in [7, 11) is 0. The Kier molecular flexibility index (Phi) is 3.97. The van der Waals surface area contributed by atoms with Crippen LogP contribution in [0.1, 0.15) is 0 Å². The van der Waals surface area contributed by atoms with Gasteiger partial charge in [-0.3, -0.25) is 0 Å². The highest BCUT2D eigenvalue weighted by molar-refractivity contribution is 9.10. The number of rotatable bonds is 2. The van der Waals surface area contributed by atoms with Crippen LogP contribution in [-0.4, -0.2) is 0 Å². The summed E-state index contributed by atoms with van der Waals surface area (Å²) < 4.78 is 1.90. The van der Waals surface area contributed by atoms with Crippen molar-refractivity contribution in [2.45, 2.75) is 0 Å². The van der Waals surface area contributed by atoms with Crippen molar-refractivity contribution in [3.05, 3.63) is 50.4 Å². The summed E-state index contributed by atoms with van der Waals surface area (Å²) in [5.74, 6) is 0.